The van der Waals surface area contributed by atoms with E-state index < -0.39 is 22.7 Å². The third-order valence-corrected chi connectivity index (χ3v) is 12.7. The maximum Gasteiger partial charge on any atom is 0.311 e. The molecule has 4 saturated heterocycles. The number of carbonyl (C=O) groups is 4. The summed E-state index contributed by atoms with van der Waals surface area (Å²) in [5.41, 5.74) is 4.46. The van der Waals surface area contributed by atoms with Crippen LogP contribution in [0.4, 0.5) is 17.1 Å². The number of methoxy groups -OCH3 is 1. The van der Waals surface area contributed by atoms with Gasteiger partial charge in [0, 0.05) is 105 Å². The van der Waals surface area contributed by atoms with Gasteiger partial charge in [0.2, 0.25) is 11.8 Å². The van der Waals surface area contributed by atoms with Gasteiger partial charge in [-0.25, -0.2) is 0 Å². The SMILES string of the molecule is COc1cc(N2CCC(CN3CCCC4(CCN(c5ccc6c(c5)C(=O)C(C5CCC(=O)NC5=O)C6=O)CC4)C3)CC2)c(-c2cnn(C)c2)cc1[N+](=O)[O-]. The van der Waals surface area contributed by atoms with Gasteiger partial charge in [-0.1, -0.05) is 0 Å². The zero-order valence-electron chi connectivity index (χ0n) is 30.9. The van der Waals surface area contributed by atoms with Crippen molar-refractivity contribution in [2.24, 2.45) is 30.2 Å². The van der Waals surface area contributed by atoms with Gasteiger partial charge in [-0.2, -0.15) is 5.10 Å². The molecule has 1 N–H and O–H groups in total. The molecule has 14 heteroatoms. The number of nitro benzene ring substituents is 1. The zero-order chi connectivity index (χ0) is 37.7. The summed E-state index contributed by atoms with van der Waals surface area (Å²) in [7, 11) is 3.31. The molecule has 5 heterocycles. The number of likely N-dealkylation sites (tertiary alicyclic amines) is 1. The first-order valence-corrected chi connectivity index (χ1v) is 19.2. The fourth-order valence-electron chi connectivity index (χ4n) is 9.75. The van der Waals surface area contributed by atoms with E-state index in [2.05, 4.69) is 25.1 Å². The van der Waals surface area contributed by atoms with Crippen molar-refractivity contribution in [2.45, 2.75) is 51.4 Å². The van der Waals surface area contributed by atoms with Gasteiger partial charge in [-0.3, -0.25) is 39.3 Å². The molecule has 4 fully saturated rings. The highest BCUT2D eigenvalue weighted by atomic mass is 16.6. The molecule has 0 radical (unpaired) electrons. The van der Waals surface area contributed by atoms with Crippen molar-refractivity contribution < 1.29 is 28.8 Å². The number of piperidine rings is 4. The molecule has 54 heavy (non-hydrogen) atoms. The summed E-state index contributed by atoms with van der Waals surface area (Å²) in [6.45, 7) is 6.71. The number of ether oxygens (including phenoxy) is 1. The second-order valence-corrected chi connectivity index (χ2v) is 16.0. The van der Waals surface area contributed by atoms with E-state index in [1.54, 1.807) is 29.1 Å². The first kappa shape index (κ1) is 35.9. The molecule has 1 aromatic heterocycles. The summed E-state index contributed by atoms with van der Waals surface area (Å²) in [6, 6.07) is 8.93. The van der Waals surface area contributed by atoms with Gasteiger partial charge in [0.15, 0.2) is 17.3 Å². The van der Waals surface area contributed by atoms with E-state index in [1.807, 2.05) is 25.4 Å². The molecule has 2 aromatic carbocycles. The number of benzene rings is 2. The summed E-state index contributed by atoms with van der Waals surface area (Å²) < 4.78 is 7.16. The average molecular weight is 738 g/mol. The Kier molecular flexibility index (Phi) is 9.49. The molecule has 0 bridgehead atoms. The lowest BCUT2D eigenvalue weighted by Crippen LogP contribution is -2.51. The number of imide groups is 1. The number of carbonyl (C=O) groups excluding carboxylic acids is 4. The quantitative estimate of drug-likeness (QED) is 0.148. The van der Waals surface area contributed by atoms with Gasteiger partial charge in [-0.15, -0.1) is 0 Å². The van der Waals surface area contributed by atoms with Crippen molar-refractivity contribution in [1.29, 1.82) is 0 Å². The Bertz CT molecular complexity index is 2010. The summed E-state index contributed by atoms with van der Waals surface area (Å²) in [5, 5.41) is 18.5. The van der Waals surface area contributed by atoms with Crippen LogP contribution in [0.2, 0.25) is 0 Å². The van der Waals surface area contributed by atoms with Crippen LogP contribution in [0.5, 0.6) is 5.75 Å². The standard InChI is InChI=1S/C40H47N7O7/c1-43-23-26(21-41-43)30-19-33(47(52)53)34(54-2)20-32(30)46-14-8-25(9-15-46)22-44-13-3-10-40(24-44)11-16-45(17-12-40)27-4-5-28-31(18-27)38(50)36(37(28)49)29-6-7-35(48)42-39(29)51/h4-5,18-21,23,25,29,36H,3,6-17,22,24H2,1-2H3,(H,42,48,51). The average Bonchev–Trinajstić information content (AvgIpc) is 3.71. The topological polar surface area (TPSA) is 160 Å². The van der Waals surface area contributed by atoms with Crippen molar-refractivity contribution >= 4 is 40.4 Å². The minimum Gasteiger partial charge on any atom is -0.490 e. The lowest BCUT2D eigenvalue weighted by molar-refractivity contribution is -0.385. The number of fused-ring (bicyclic) bond motifs is 1. The van der Waals surface area contributed by atoms with Crippen LogP contribution in [0.15, 0.2) is 42.7 Å². The van der Waals surface area contributed by atoms with Crippen LogP contribution in [-0.2, 0) is 16.6 Å². The Balaban J connectivity index is 0.878. The van der Waals surface area contributed by atoms with E-state index in [1.165, 1.54) is 20.0 Å². The maximum absolute atomic E-state index is 13.5. The Morgan fingerprint density at radius 1 is 0.926 bits per heavy atom. The molecule has 1 aliphatic carbocycles. The maximum atomic E-state index is 13.5. The molecule has 2 atom stereocenters. The number of rotatable bonds is 8. The fraction of sp³-hybridized carbons (Fsp3) is 0.525. The number of amides is 2. The first-order valence-electron chi connectivity index (χ1n) is 19.2. The zero-order valence-corrected chi connectivity index (χ0v) is 30.9. The Morgan fingerprint density at radius 2 is 1.69 bits per heavy atom. The number of nitrogens with zero attached hydrogens (tertiary/aromatic N) is 6. The molecule has 8 rings (SSSR count). The summed E-state index contributed by atoms with van der Waals surface area (Å²) >= 11 is 0. The minimum absolute atomic E-state index is 0.0566. The van der Waals surface area contributed by atoms with Crippen molar-refractivity contribution in [2.75, 3.05) is 62.7 Å². The molecule has 0 saturated carbocycles. The minimum atomic E-state index is -1.05. The fourth-order valence-corrected chi connectivity index (χ4v) is 9.75. The number of hydrogen-bond acceptors (Lipinski definition) is 11. The molecule has 14 nitrogen and oxygen atoms in total. The number of nitrogens with one attached hydrogen (secondary N) is 1. The third kappa shape index (κ3) is 6.65. The predicted octanol–water partition coefficient (Wildman–Crippen LogP) is 4.65. The van der Waals surface area contributed by atoms with E-state index in [4.69, 9.17) is 4.74 Å². The molecular formula is C40H47N7O7. The summed E-state index contributed by atoms with van der Waals surface area (Å²) in [6.07, 6.45) is 10.5. The van der Waals surface area contributed by atoms with E-state index in [-0.39, 0.29) is 47.2 Å². The molecule has 3 aromatic rings. The second kappa shape index (κ2) is 14.3. The number of nitro groups is 1. The molecule has 2 amide bonds. The van der Waals surface area contributed by atoms with Crippen LogP contribution in [0.1, 0.15) is 72.1 Å². The molecular weight excluding hydrogens is 690 g/mol. The lowest BCUT2D eigenvalue weighted by Gasteiger charge is -2.49. The number of aryl methyl sites for hydroxylation is 1. The normalized spacial score (nSPS) is 23.5. The van der Waals surface area contributed by atoms with E-state index >= 15 is 0 Å². The highest BCUT2D eigenvalue weighted by Crippen LogP contribution is 2.44. The molecule has 5 aliphatic rings. The molecule has 1 spiro atoms. The predicted molar refractivity (Wildman–Crippen MR) is 201 cm³/mol. The van der Waals surface area contributed by atoms with Crippen LogP contribution in [0.3, 0.4) is 0 Å². The van der Waals surface area contributed by atoms with Crippen molar-refractivity contribution in [1.82, 2.24) is 20.0 Å². The van der Waals surface area contributed by atoms with Gasteiger partial charge in [0.25, 0.3) is 0 Å². The monoisotopic (exact) mass is 737 g/mol. The third-order valence-electron chi connectivity index (χ3n) is 12.7. The van der Waals surface area contributed by atoms with E-state index in [0.717, 1.165) is 94.0 Å². The summed E-state index contributed by atoms with van der Waals surface area (Å²) in [4.78, 5) is 69.7. The van der Waals surface area contributed by atoms with Gasteiger partial charge < -0.3 is 19.4 Å². The molecule has 4 aliphatic heterocycles. The second-order valence-electron chi connectivity index (χ2n) is 16.0. The number of hydrogen-bond donors (Lipinski definition) is 1. The van der Waals surface area contributed by atoms with Crippen molar-refractivity contribution in [3.05, 3.63) is 64.0 Å². The van der Waals surface area contributed by atoms with Gasteiger partial charge in [0.1, 0.15) is 0 Å². The van der Waals surface area contributed by atoms with Crippen LogP contribution >= 0.6 is 0 Å². The number of ketones is 2. The van der Waals surface area contributed by atoms with Crippen molar-refractivity contribution in [3.63, 3.8) is 0 Å². The van der Waals surface area contributed by atoms with Crippen LogP contribution in [0.25, 0.3) is 11.1 Å². The van der Waals surface area contributed by atoms with Crippen LogP contribution in [0, 0.1) is 33.3 Å². The van der Waals surface area contributed by atoms with Gasteiger partial charge in [-0.05, 0) is 81.0 Å². The Labute approximate surface area is 313 Å². The first-order chi connectivity index (χ1) is 26.0. The Hall–Kier alpha value is -5.11. The van der Waals surface area contributed by atoms with Gasteiger partial charge >= 0.3 is 5.69 Å². The lowest BCUT2D eigenvalue weighted by atomic mass is 9.72. The number of anilines is 2. The highest BCUT2D eigenvalue weighted by Gasteiger charge is 2.48. The number of aromatic nitrogens is 2. The summed E-state index contributed by atoms with van der Waals surface area (Å²) in [5.74, 6) is -2.56. The molecule has 284 valence electrons. The largest absolute Gasteiger partial charge is 0.490 e. The molecule has 2 unspecified atom stereocenters. The highest BCUT2D eigenvalue weighted by molar-refractivity contribution is 6.28. The van der Waals surface area contributed by atoms with Crippen LogP contribution < -0.4 is 19.9 Å². The van der Waals surface area contributed by atoms with E-state index in [9.17, 15) is 29.3 Å². The van der Waals surface area contributed by atoms with Crippen molar-refractivity contribution in [3.8, 4) is 16.9 Å². The van der Waals surface area contributed by atoms with Gasteiger partial charge in [0.05, 0.1) is 30.1 Å². The van der Waals surface area contributed by atoms with E-state index in [0.29, 0.717) is 17.0 Å². The Morgan fingerprint density at radius 3 is 2.37 bits per heavy atom. The smallest absolute Gasteiger partial charge is 0.311 e. The van der Waals surface area contributed by atoms with Crippen LogP contribution in [-0.4, -0.2) is 95.9 Å². The number of Topliss-reactive ketones (excluding diaryl/α,β-unsaturated/α-hetero) is 2.